The number of hydrogen-bond acceptors (Lipinski definition) is 1. The van der Waals surface area contributed by atoms with Crippen LogP contribution in [-0.4, -0.2) is 4.98 Å². The van der Waals surface area contributed by atoms with Crippen molar-refractivity contribution in [3.8, 4) is 11.3 Å². The highest BCUT2D eigenvalue weighted by molar-refractivity contribution is 5.66. The van der Waals surface area contributed by atoms with Gasteiger partial charge in [-0.1, -0.05) is 57.5 Å². The summed E-state index contributed by atoms with van der Waals surface area (Å²) in [7, 11) is 0. The zero-order valence-electron chi connectivity index (χ0n) is 12.6. The van der Waals surface area contributed by atoms with E-state index in [1.807, 2.05) is 18.3 Å². The lowest BCUT2D eigenvalue weighted by molar-refractivity contribution is 0.373. The molecule has 0 unspecified atom stereocenters. The van der Waals surface area contributed by atoms with E-state index in [9.17, 15) is 0 Å². The lowest BCUT2D eigenvalue weighted by Gasteiger charge is -2.32. The summed E-state index contributed by atoms with van der Waals surface area (Å²) in [6, 6.07) is 12.8. The Balaban J connectivity index is 2.63. The zero-order chi connectivity index (χ0) is 14.0. The van der Waals surface area contributed by atoms with Crippen LogP contribution in [0.3, 0.4) is 0 Å². The minimum absolute atomic E-state index is 0.138. The molecule has 0 N–H and O–H groups in total. The molecule has 0 saturated heterocycles. The fourth-order valence-electron chi connectivity index (χ4n) is 2.25. The Hall–Kier alpha value is -1.63. The van der Waals surface area contributed by atoms with Gasteiger partial charge in [0.25, 0.3) is 0 Å². The van der Waals surface area contributed by atoms with E-state index in [0.29, 0.717) is 5.92 Å². The average molecular weight is 253 g/mol. The van der Waals surface area contributed by atoms with Crippen molar-refractivity contribution in [3.63, 3.8) is 0 Å². The van der Waals surface area contributed by atoms with Crippen LogP contribution in [0.25, 0.3) is 11.3 Å². The third-order valence-electron chi connectivity index (χ3n) is 4.25. The Morgan fingerprint density at radius 2 is 1.79 bits per heavy atom. The van der Waals surface area contributed by atoms with Gasteiger partial charge in [0, 0.05) is 11.8 Å². The minimum atomic E-state index is 0.138. The molecule has 1 heteroatoms. The quantitative estimate of drug-likeness (QED) is 0.751. The summed E-state index contributed by atoms with van der Waals surface area (Å²) in [4.78, 5) is 4.51. The van der Waals surface area contributed by atoms with E-state index in [4.69, 9.17) is 0 Å². The van der Waals surface area contributed by atoms with Crippen LogP contribution in [-0.2, 0) is 5.41 Å². The molecule has 1 nitrogen and oxygen atoms in total. The molecule has 1 heterocycles. The fraction of sp³-hybridized carbons (Fsp3) is 0.389. The van der Waals surface area contributed by atoms with E-state index in [-0.39, 0.29) is 5.41 Å². The average Bonchev–Trinajstić information content (AvgIpc) is 2.39. The van der Waals surface area contributed by atoms with Crippen molar-refractivity contribution in [1.82, 2.24) is 4.98 Å². The Morgan fingerprint density at radius 3 is 2.37 bits per heavy atom. The van der Waals surface area contributed by atoms with Gasteiger partial charge in [0.15, 0.2) is 0 Å². The molecule has 0 aliphatic heterocycles. The first kappa shape index (κ1) is 13.8. The summed E-state index contributed by atoms with van der Waals surface area (Å²) in [5, 5.41) is 0. The van der Waals surface area contributed by atoms with Crippen LogP contribution < -0.4 is 0 Å². The molecule has 19 heavy (non-hydrogen) atoms. The normalized spacial score (nSPS) is 11.9. The highest BCUT2D eigenvalue weighted by Crippen LogP contribution is 2.37. The number of pyridine rings is 1. The Labute approximate surface area is 116 Å². The molecule has 0 fully saturated rings. The van der Waals surface area contributed by atoms with E-state index in [2.05, 4.69) is 63.9 Å². The second-order valence-corrected chi connectivity index (χ2v) is 6.14. The molecule has 0 atom stereocenters. The zero-order valence-corrected chi connectivity index (χ0v) is 12.6. The predicted molar refractivity (Wildman–Crippen MR) is 82.3 cm³/mol. The minimum Gasteiger partial charge on any atom is -0.256 e. The van der Waals surface area contributed by atoms with Crippen molar-refractivity contribution >= 4 is 0 Å². The highest BCUT2D eigenvalue weighted by atomic mass is 14.7. The van der Waals surface area contributed by atoms with Crippen LogP contribution in [0.15, 0.2) is 42.6 Å². The molecule has 100 valence electrons. The lowest BCUT2D eigenvalue weighted by Crippen LogP contribution is -2.25. The summed E-state index contributed by atoms with van der Waals surface area (Å²) in [6.07, 6.45) is 1.86. The molecular formula is C18H23N. The third kappa shape index (κ3) is 2.70. The maximum Gasteiger partial charge on any atom is 0.0704 e. The number of nitrogens with zero attached hydrogens (tertiary/aromatic N) is 1. The van der Waals surface area contributed by atoms with E-state index < -0.39 is 0 Å². The van der Waals surface area contributed by atoms with Crippen molar-refractivity contribution in [3.05, 3.63) is 53.7 Å². The van der Waals surface area contributed by atoms with Gasteiger partial charge in [0.05, 0.1) is 5.69 Å². The second kappa shape index (κ2) is 5.16. The fourth-order valence-corrected chi connectivity index (χ4v) is 2.25. The summed E-state index contributed by atoms with van der Waals surface area (Å²) in [5.41, 5.74) is 5.15. The first-order valence-electron chi connectivity index (χ1n) is 6.95. The van der Waals surface area contributed by atoms with Gasteiger partial charge in [-0.2, -0.15) is 0 Å². The van der Waals surface area contributed by atoms with Gasteiger partial charge >= 0.3 is 0 Å². The van der Waals surface area contributed by atoms with E-state index in [0.717, 1.165) is 5.69 Å². The molecule has 1 aromatic carbocycles. The summed E-state index contributed by atoms with van der Waals surface area (Å²) >= 11 is 0. The lowest BCUT2D eigenvalue weighted by atomic mass is 9.72. The maximum atomic E-state index is 4.51. The number of benzene rings is 1. The largest absolute Gasteiger partial charge is 0.256 e. The first-order valence-corrected chi connectivity index (χ1v) is 6.95. The molecule has 0 bridgehead atoms. The Kier molecular flexibility index (Phi) is 3.75. The van der Waals surface area contributed by atoms with Crippen molar-refractivity contribution in [2.45, 2.75) is 40.0 Å². The standard InChI is InChI=1S/C18H23N/c1-13(2)18(4,5)16-12-14(3)9-10-15(16)17-8-6-7-11-19-17/h6-13H,1-5H3. The highest BCUT2D eigenvalue weighted by Gasteiger charge is 2.27. The van der Waals surface area contributed by atoms with Crippen LogP contribution in [0, 0.1) is 12.8 Å². The van der Waals surface area contributed by atoms with Gasteiger partial charge < -0.3 is 0 Å². The van der Waals surface area contributed by atoms with E-state index in [1.54, 1.807) is 0 Å². The number of hydrogen-bond donors (Lipinski definition) is 0. The van der Waals surface area contributed by atoms with Gasteiger partial charge in [-0.15, -0.1) is 0 Å². The van der Waals surface area contributed by atoms with E-state index in [1.165, 1.54) is 16.7 Å². The van der Waals surface area contributed by atoms with Crippen LogP contribution >= 0.6 is 0 Å². The summed E-state index contributed by atoms with van der Waals surface area (Å²) < 4.78 is 0. The van der Waals surface area contributed by atoms with Crippen LogP contribution in [0.2, 0.25) is 0 Å². The molecule has 0 aliphatic rings. The van der Waals surface area contributed by atoms with Gasteiger partial charge in [-0.05, 0) is 36.0 Å². The number of aryl methyl sites for hydroxylation is 1. The van der Waals surface area contributed by atoms with Gasteiger partial charge in [-0.3, -0.25) is 4.98 Å². The molecule has 0 aliphatic carbocycles. The molecular weight excluding hydrogens is 230 g/mol. The molecule has 0 radical (unpaired) electrons. The van der Waals surface area contributed by atoms with Crippen LogP contribution in [0.1, 0.15) is 38.8 Å². The monoisotopic (exact) mass is 253 g/mol. The Bertz CT molecular complexity index is 553. The molecule has 1 aromatic heterocycles. The summed E-state index contributed by atoms with van der Waals surface area (Å²) in [6.45, 7) is 11.4. The second-order valence-electron chi connectivity index (χ2n) is 6.14. The van der Waals surface area contributed by atoms with Crippen molar-refractivity contribution in [2.24, 2.45) is 5.92 Å². The number of rotatable bonds is 3. The molecule has 0 amide bonds. The molecule has 0 spiro atoms. The smallest absolute Gasteiger partial charge is 0.0704 e. The number of aromatic nitrogens is 1. The van der Waals surface area contributed by atoms with Crippen molar-refractivity contribution < 1.29 is 0 Å². The Morgan fingerprint density at radius 1 is 1.05 bits per heavy atom. The van der Waals surface area contributed by atoms with Crippen molar-refractivity contribution in [1.29, 1.82) is 0 Å². The summed E-state index contributed by atoms with van der Waals surface area (Å²) in [5.74, 6) is 0.580. The van der Waals surface area contributed by atoms with Crippen LogP contribution in [0.5, 0.6) is 0 Å². The van der Waals surface area contributed by atoms with Crippen molar-refractivity contribution in [2.75, 3.05) is 0 Å². The SMILES string of the molecule is Cc1ccc(-c2ccccn2)c(C(C)(C)C(C)C)c1. The van der Waals surface area contributed by atoms with Crippen LogP contribution in [0.4, 0.5) is 0 Å². The van der Waals surface area contributed by atoms with E-state index >= 15 is 0 Å². The predicted octanol–water partition coefficient (Wildman–Crippen LogP) is 4.99. The molecule has 2 aromatic rings. The maximum absolute atomic E-state index is 4.51. The third-order valence-corrected chi connectivity index (χ3v) is 4.25. The van der Waals surface area contributed by atoms with Gasteiger partial charge in [0.2, 0.25) is 0 Å². The molecule has 0 saturated carbocycles. The molecule has 2 rings (SSSR count). The van der Waals surface area contributed by atoms with Gasteiger partial charge in [-0.25, -0.2) is 0 Å². The topological polar surface area (TPSA) is 12.9 Å². The van der Waals surface area contributed by atoms with Gasteiger partial charge in [0.1, 0.15) is 0 Å². The first-order chi connectivity index (χ1) is 8.93.